The van der Waals surface area contributed by atoms with Gasteiger partial charge in [-0.15, -0.1) is 0 Å². The Labute approximate surface area is 108 Å². The highest BCUT2D eigenvalue weighted by atomic mass is 19.1. The molecule has 2 atom stereocenters. The molecule has 0 saturated heterocycles. The maximum atomic E-state index is 12.5. The van der Waals surface area contributed by atoms with Crippen LogP contribution in [0.2, 0.25) is 0 Å². The number of aldehydes is 1. The monoisotopic (exact) mass is 258 g/mol. The van der Waals surface area contributed by atoms with Crippen LogP contribution in [0.1, 0.15) is 39.0 Å². The molecule has 0 heterocycles. The van der Waals surface area contributed by atoms with Gasteiger partial charge >= 0.3 is 0 Å². The first-order valence-corrected chi connectivity index (χ1v) is 6.73. The van der Waals surface area contributed by atoms with E-state index in [0.717, 1.165) is 32.0 Å². The predicted octanol–water partition coefficient (Wildman–Crippen LogP) is 1.20. The van der Waals surface area contributed by atoms with Gasteiger partial charge in [-0.3, -0.25) is 4.79 Å². The van der Waals surface area contributed by atoms with Crippen LogP contribution in [0, 0.1) is 5.92 Å². The van der Waals surface area contributed by atoms with Crippen LogP contribution >= 0.6 is 0 Å². The normalized spacial score (nSPS) is 20.1. The van der Waals surface area contributed by atoms with Gasteiger partial charge in [0.15, 0.2) is 0 Å². The van der Waals surface area contributed by atoms with Gasteiger partial charge in [0.2, 0.25) is 5.91 Å². The third-order valence-electron chi connectivity index (χ3n) is 3.34. The van der Waals surface area contributed by atoms with Crippen LogP contribution in [0.5, 0.6) is 0 Å². The first-order valence-electron chi connectivity index (χ1n) is 6.73. The highest BCUT2D eigenvalue weighted by molar-refractivity contribution is 5.81. The van der Waals surface area contributed by atoms with E-state index in [4.69, 9.17) is 0 Å². The molecule has 0 spiro atoms. The second-order valence-corrected chi connectivity index (χ2v) is 5.04. The van der Waals surface area contributed by atoms with Gasteiger partial charge in [-0.1, -0.05) is 19.3 Å². The van der Waals surface area contributed by atoms with Crippen molar-refractivity contribution in [2.45, 2.75) is 51.2 Å². The highest BCUT2D eigenvalue weighted by Crippen LogP contribution is 2.25. The minimum absolute atomic E-state index is 0.0608. The fourth-order valence-electron chi connectivity index (χ4n) is 2.38. The van der Waals surface area contributed by atoms with E-state index in [-0.39, 0.29) is 31.0 Å². The van der Waals surface area contributed by atoms with E-state index < -0.39 is 6.17 Å². The smallest absolute Gasteiger partial charge is 0.234 e. The summed E-state index contributed by atoms with van der Waals surface area (Å²) in [6.45, 7) is 1.65. The number of hydrogen-bond acceptors (Lipinski definition) is 3. The number of hydrogen-bond donors (Lipinski definition) is 2. The third-order valence-corrected chi connectivity index (χ3v) is 3.34. The van der Waals surface area contributed by atoms with Crippen LogP contribution in [0.3, 0.4) is 0 Å². The van der Waals surface area contributed by atoms with Crippen molar-refractivity contribution < 1.29 is 14.0 Å². The van der Waals surface area contributed by atoms with Crippen LogP contribution in [0.4, 0.5) is 4.39 Å². The summed E-state index contributed by atoms with van der Waals surface area (Å²) in [7, 11) is 0. The Morgan fingerprint density at radius 1 is 1.39 bits per heavy atom. The summed E-state index contributed by atoms with van der Waals surface area (Å²) in [5.74, 6) is 0.0265. The second-order valence-electron chi connectivity index (χ2n) is 5.04. The molecular formula is C13H23FN2O2. The molecular weight excluding hydrogens is 235 g/mol. The number of rotatable bonds is 7. The van der Waals surface area contributed by atoms with E-state index in [1.54, 1.807) is 0 Å². The molecule has 5 heteroatoms. The van der Waals surface area contributed by atoms with Crippen molar-refractivity contribution in [1.29, 1.82) is 0 Å². The van der Waals surface area contributed by atoms with Gasteiger partial charge in [0.25, 0.3) is 0 Å². The number of halogens is 1. The Bertz CT molecular complexity index is 266. The Morgan fingerprint density at radius 3 is 2.61 bits per heavy atom. The van der Waals surface area contributed by atoms with Crippen molar-refractivity contribution in [3.8, 4) is 0 Å². The van der Waals surface area contributed by atoms with Gasteiger partial charge in [0.1, 0.15) is 12.5 Å². The quantitative estimate of drug-likeness (QED) is 0.675. The molecule has 1 rings (SSSR count). The molecule has 4 nitrogen and oxygen atoms in total. The molecule has 1 aliphatic carbocycles. The summed E-state index contributed by atoms with van der Waals surface area (Å²) in [6, 6.07) is -0.387. The fourth-order valence-corrected chi connectivity index (χ4v) is 2.38. The van der Waals surface area contributed by atoms with Gasteiger partial charge in [-0.25, -0.2) is 4.39 Å². The number of carbonyl (C=O) groups excluding carboxylic acids is 2. The minimum Gasteiger partial charge on any atom is -0.345 e. The van der Waals surface area contributed by atoms with Crippen molar-refractivity contribution in [1.82, 2.24) is 10.6 Å². The lowest BCUT2D eigenvalue weighted by atomic mass is 9.84. The summed E-state index contributed by atoms with van der Waals surface area (Å²) in [4.78, 5) is 22.6. The molecule has 1 amide bonds. The molecule has 18 heavy (non-hydrogen) atoms. The number of alkyl halides is 1. The van der Waals surface area contributed by atoms with E-state index in [2.05, 4.69) is 10.6 Å². The number of nitrogens with one attached hydrogen (secondary N) is 2. The maximum Gasteiger partial charge on any atom is 0.234 e. The molecule has 0 aromatic rings. The van der Waals surface area contributed by atoms with Crippen LogP contribution in [-0.2, 0) is 9.59 Å². The van der Waals surface area contributed by atoms with Crippen LogP contribution in [-0.4, -0.2) is 37.5 Å². The lowest BCUT2D eigenvalue weighted by Crippen LogP contribution is -2.46. The lowest BCUT2D eigenvalue weighted by molar-refractivity contribution is -0.124. The second kappa shape index (κ2) is 8.19. The van der Waals surface area contributed by atoms with E-state index >= 15 is 0 Å². The molecule has 0 aliphatic heterocycles. The molecule has 104 valence electrons. The summed E-state index contributed by atoms with van der Waals surface area (Å²) in [5, 5.41) is 5.43. The largest absolute Gasteiger partial charge is 0.345 e. The maximum absolute atomic E-state index is 12.5. The summed E-state index contributed by atoms with van der Waals surface area (Å²) < 4.78 is 12.5. The summed E-state index contributed by atoms with van der Waals surface area (Å²) >= 11 is 0. The SMILES string of the molecule is C[C@@H](F)CNCC(=O)N[C@H](C=O)C1CCCCC1. The van der Waals surface area contributed by atoms with Crippen LogP contribution < -0.4 is 10.6 Å². The van der Waals surface area contributed by atoms with E-state index in [1.807, 2.05) is 0 Å². The Kier molecular flexibility index (Phi) is 6.86. The van der Waals surface area contributed by atoms with Gasteiger partial charge in [0.05, 0.1) is 12.6 Å². The highest BCUT2D eigenvalue weighted by Gasteiger charge is 2.24. The van der Waals surface area contributed by atoms with Crippen molar-refractivity contribution >= 4 is 12.2 Å². The van der Waals surface area contributed by atoms with Crippen LogP contribution in [0.15, 0.2) is 0 Å². The number of carbonyl (C=O) groups is 2. The zero-order valence-corrected chi connectivity index (χ0v) is 11.0. The topological polar surface area (TPSA) is 58.2 Å². The van der Waals surface area contributed by atoms with Crippen molar-refractivity contribution in [2.75, 3.05) is 13.1 Å². The molecule has 0 aromatic heterocycles. The lowest BCUT2D eigenvalue weighted by Gasteiger charge is -2.27. The Hall–Kier alpha value is -0.970. The van der Waals surface area contributed by atoms with Gasteiger partial charge < -0.3 is 15.4 Å². The third kappa shape index (κ3) is 5.58. The molecule has 1 aliphatic rings. The molecule has 1 fully saturated rings. The van der Waals surface area contributed by atoms with Crippen molar-refractivity contribution in [3.05, 3.63) is 0 Å². The molecule has 0 aromatic carbocycles. The molecule has 0 unspecified atom stereocenters. The van der Waals surface area contributed by atoms with Crippen molar-refractivity contribution in [2.24, 2.45) is 5.92 Å². The van der Waals surface area contributed by atoms with Gasteiger partial charge in [-0.05, 0) is 25.7 Å². The molecule has 1 saturated carbocycles. The fraction of sp³-hybridized carbons (Fsp3) is 0.846. The Morgan fingerprint density at radius 2 is 2.06 bits per heavy atom. The van der Waals surface area contributed by atoms with E-state index in [9.17, 15) is 14.0 Å². The zero-order valence-electron chi connectivity index (χ0n) is 11.0. The first-order chi connectivity index (χ1) is 8.63. The average molecular weight is 258 g/mol. The zero-order chi connectivity index (χ0) is 13.4. The minimum atomic E-state index is -0.974. The standard InChI is InChI=1S/C13H23FN2O2/c1-10(14)7-15-8-13(18)16-12(9-17)11-5-3-2-4-6-11/h9-12,15H,2-8H2,1H3,(H,16,18)/t10-,12-/m1/s1. The van der Waals surface area contributed by atoms with Gasteiger partial charge in [0, 0.05) is 6.54 Å². The average Bonchev–Trinajstić information content (AvgIpc) is 2.36. The summed E-state index contributed by atoms with van der Waals surface area (Å²) in [5.41, 5.74) is 0. The van der Waals surface area contributed by atoms with E-state index in [1.165, 1.54) is 13.3 Å². The predicted molar refractivity (Wildman–Crippen MR) is 68.0 cm³/mol. The molecule has 2 N–H and O–H groups in total. The molecule has 0 bridgehead atoms. The number of amides is 1. The molecule has 0 radical (unpaired) electrons. The Balaban J connectivity index is 2.28. The van der Waals surface area contributed by atoms with Crippen molar-refractivity contribution in [3.63, 3.8) is 0 Å². The van der Waals surface area contributed by atoms with Crippen LogP contribution in [0.25, 0.3) is 0 Å². The van der Waals surface area contributed by atoms with E-state index in [0.29, 0.717) is 0 Å². The first kappa shape index (κ1) is 15.1. The van der Waals surface area contributed by atoms with Gasteiger partial charge in [-0.2, -0.15) is 0 Å². The summed E-state index contributed by atoms with van der Waals surface area (Å²) in [6.07, 6.45) is 5.32.